The number of Topliss-reactive ketones (excluding diaryl/α,β-unsaturated/α-hetero) is 1. The van der Waals surface area contributed by atoms with E-state index in [1.165, 1.54) is 56.9 Å². The average molecular weight is 497 g/mol. The third-order valence-electron chi connectivity index (χ3n) is 14.2. The molecule has 0 bridgehead atoms. The smallest absolute Gasteiger partial charge is 0.163 e. The summed E-state index contributed by atoms with van der Waals surface area (Å²) in [6, 6.07) is 0. The highest BCUT2D eigenvalue weighted by Gasteiger charge is 2.72. The van der Waals surface area contributed by atoms with Gasteiger partial charge in [-0.05, 0) is 117 Å². The van der Waals surface area contributed by atoms with Gasteiger partial charge in [0.1, 0.15) is 5.78 Å². The van der Waals surface area contributed by atoms with Gasteiger partial charge < -0.3 is 9.47 Å². The molecule has 1 heterocycles. The molecular weight excluding hydrogens is 444 g/mol. The van der Waals surface area contributed by atoms with E-state index in [1.54, 1.807) is 0 Å². The summed E-state index contributed by atoms with van der Waals surface area (Å²) in [5, 5.41) is 0. The van der Waals surface area contributed by atoms with Crippen molar-refractivity contribution in [1.82, 2.24) is 0 Å². The fourth-order valence-corrected chi connectivity index (χ4v) is 12.2. The van der Waals surface area contributed by atoms with Gasteiger partial charge in [0.15, 0.2) is 6.29 Å². The molecule has 1 aliphatic heterocycles. The van der Waals surface area contributed by atoms with Crippen molar-refractivity contribution in [2.75, 3.05) is 13.2 Å². The van der Waals surface area contributed by atoms with Gasteiger partial charge in [0.25, 0.3) is 0 Å². The van der Waals surface area contributed by atoms with E-state index < -0.39 is 0 Å². The summed E-state index contributed by atoms with van der Waals surface area (Å²) in [7, 11) is 0. The number of hydrogen-bond donors (Lipinski definition) is 0. The van der Waals surface area contributed by atoms with Crippen molar-refractivity contribution in [3.63, 3.8) is 0 Å². The van der Waals surface area contributed by atoms with Crippen molar-refractivity contribution in [3.05, 3.63) is 12.2 Å². The summed E-state index contributed by atoms with van der Waals surface area (Å²) >= 11 is 0. The lowest BCUT2D eigenvalue weighted by Crippen LogP contribution is -2.67. The summed E-state index contributed by atoms with van der Waals surface area (Å²) in [5.41, 5.74) is 2.33. The summed E-state index contributed by atoms with van der Waals surface area (Å²) < 4.78 is 12.9. The number of hydrogen-bond acceptors (Lipinski definition) is 3. The lowest BCUT2D eigenvalue weighted by Gasteiger charge is -2.72. The van der Waals surface area contributed by atoms with E-state index >= 15 is 0 Å². The van der Waals surface area contributed by atoms with Crippen molar-refractivity contribution in [3.8, 4) is 0 Å². The third-order valence-corrected chi connectivity index (χ3v) is 14.2. The minimum absolute atomic E-state index is 0.0194. The highest BCUT2D eigenvalue weighted by molar-refractivity contribution is 5.85. The summed E-state index contributed by atoms with van der Waals surface area (Å²) in [6.07, 6.45) is 13.1. The van der Waals surface area contributed by atoms with Crippen molar-refractivity contribution in [1.29, 1.82) is 0 Å². The molecule has 9 unspecified atom stereocenters. The lowest BCUT2D eigenvalue weighted by molar-refractivity contribution is -0.289. The van der Waals surface area contributed by atoms with Gasteiger partial charge in [-0.2, -0.15) is 0 Å². The number of ketones is 1. The molecule has 0 aromatic rings. The number of carbonyl (C=O) groups excluding carboxylic acids is 1. The van der Waals surface area contributed by atoms with Gasteiger partial charge in [0.05, 0.1) is 13.2 Å². The minimum atomic E-state index is -0.167. The lowest BCUT2D eigenvalue weighted by atomic mass is 9.32. The Morgan fingerprint density at radius 1 is 0.833 bits per heavy atom. The van der Waals surface area contributed by atoms with Crippen LogP contribution in [0.25, 0.3) is 0 Å². The maximum Gasteiger partial charge on any atom is 0.163 e. The number of rotatable bonds is 2. The molecule has 36 heavy (non-hydrogen) atoms. The molecule has 0 radical (unpaired) electrons. The number of allylic oxidation sites excluding steroid dienone is 1. The second-order valence-corrected chi connectivity index (χ2v) is 15.5. The molecule has 3 nitrogen and oxygen atoms in total. The van der Waals surface area contributed by atoms with Gasteiger partial charge in [-0.15, -0.1) is 0 Å². The van der Waals surface area contributed by atoms with Crippen molar-refractivity contribution < 1.29 is 14.3 Å². The maximum atomic E-state index is 13.0. The Bertz CT molecular complexity index is 931. The summed E-state index contributed by atoms with van der Waals surface area (Å²) in [6.45, 7) is 21.1. The molecule has 0 aromatic carbocycles. The van der Waals surface area contributed by atoms with Crippen LogP contribution < -0.4 is 0 Å². The third kappa shape index (κ3) is 3.08. The van der Waals surface area contributed by atoms with Crippen LogP contribution >= 0.6 is 0 Å². The molecule has 9 atom stereocenters. The predicted octanol–water partition coefficient (Wildman–Crippen LogP) is 7.98. The molecule has 6 aliphatic rings. The Labute approximate surface area is 220 Å². The van der Waals surface area contributed by atoms with Crippen LogP contribution in [0.15, 0.2) is 12.2 Å². The van der Waals surface area contributed by atoms with Crippen LogP contribution in [0, 0.1) is 56.7 Å². The van der Waals surface area contributed by atoms with E-state index in [0.717, 1.165) is 38.4 Å². The molecule has 1 saturated heterocycles. The summed E-state index contributed by atoms with van der Waals surface area (Å²) in [5.74, 6) is 3.71. The molecule has 0 aromatic heterocycles. The Morgan fingerprint density at radius 2 is 1.56 bits per heavy atom. The number of carbonyl (C=O) groups is 1. The molecule has 0 N–H and O–H groups in total. The van der Waals surface area contributed by atoms with Gasteiger partial charge in [-0.25, -0.2) is 0 Å². The second-order valence-electron chi connectivity index (χ2n) is 15.5. The second kappa shape index (κ2) is 8.17. The van der Waals surface area contributed by atoms with E-state index in [-0.39, 0.29) is 22.5 Å². The molecule has 5 saturated carbocycles. The number of ether oxygens (including phenoxy) is 2. The maximum absolute atomic E-state index is 13.0. The Morgan fingerprint density at radius 3 is 2.25 bits per heavy atom. The zero-order valence-electron chi connectivity index (χ0n) is 24.1. The van der Waals surface area contributed by atoms with Crippen molar-refractivity contribution >= 4 is 5.78 Å². The summed E-state index contributed by atoms with van der Waals surface area (Å²) in [4.78, 5) is 13.0. The molecule has 202 valence electrons. The zero-order valence-corrected chi connectivity index (χ0v) is 24.1. The largest absolute Gasteiger partial charge is 0.352 e. The Hall–Kier alpha value is -0.670. The predicted molar refractivity (Wildman–Crippen MR) is 144 cm³/mol. The standard InChI is InChI=1S/C33H52O3/c1-21(2)22-11-16-33(28-35-19-8-20-36-28)18-17-31(6)23(27(22)33)9-10-25-30(5)14-13-26(34)29(3,4)24(30)12-15-32(25,31)7/h22-25,27-28H,1,8-20H2,2-7H3. The highest BCUT2D eigenvalue weighted by atomic mass is 16.7. The van der Waals surface area contributed by atoms with Crippen molar-refractivity contribution in [2.24, 2.45) is 56.7 Å². The molecule has 0 spiro atoms. The molecule has 3 heteroatoms. The quantitative estimate of drug-likeness (QED) is 0.364. The van der Waals surface area contributed by atoms with Crippen LogP contribution in [0.3, 0.4) is 0 Å². The molecule has 0 amide bonds. The van der Waals surface area contributed by atoms with E-state index in [9.17, 15) is 4.79 Å². The van der Waals surface area contributed by atoms with Gasteiger partial charge in [0, 0.05) is 17.3 Å². The first-order valence-electron chi connectivity index (χ1n) is 15.3. The fraction of sp³-hybridized carbons (Fsp3) is 0.909. The molecule has 6 rings (SSSR count). The van der Waals surface area contributed by atoms with E-state index in [4.69, 9.17) is 9.47 Å². The normalized spacial score (nSPS) is 52.6. The van der Waals surface area contributed by atoms with Crippen molar-refractivity contribution in [2.45, 2.75) is 118 Å². The first-order valence-corrected chi connectivity index (χ1v) is 15.3. The average Bonchev–Trinajstić information content (AvgIpc) is 3.24. The Balaban J connectivity index is 1.39. The van der Waals surface area contributed by atoms with E-state index in [2.05, 4.69) is 48.1 Å². The molecule has 5 aliphatic carbocycles. The minimum Gasteiger partial charge on any atom is -0.352 e. The topological polar surface area (TPSA) is 35.5 Å². The van der Waals surface area contributed by atoms with Crippen LogP contribution in [0.2, 0.25) is 0 Å². The SMILES string of the molecule is C=C(C)C1CCC2(C3OCCCO3)CCC3(C)C(CCC4C5(C)CCC(=O)C(C)(C)C5CCC43C)C12. The van der Waals surface area contributed by atoms with Gasteiger partial charge in [-0.1, -0.05) is 46.8 Å². The van der Waals surface area contributed by atoms with Crippen LogP contribution in [0.1, 0.15) is 112 Å². The molecular formula is C33H52O3. The van der Waals surface area contributed by atoms with Gasteiger partial charge in [-0.3, -0.25) is 4.79 Å². The number of fused-ring (bicyclic) bond motifs is 7. The first-order chi connectivity index (χ1) is 16.9. The first kappa shape index (κ1) is 25.6. The van der Waals surface area contributed by atoms with Gasteiger partial charge >= 0.3 is 0 Å². The van der Waals surface area contributed by atoms with Crippen LogP contribution in [0.5, 0.6) is 0 Å². The van der Waals surface area contributed by atoms with E-state index in [1.807, 2.05) is 0 Å². The monoisotopic (exact) mass is 496 g/mol. The van der Waals surface area contributed by atoms with Crippen LogP contribution in [0.4, 0.5) is 0 Å². The van der Waals surface area contributed by atoms with E-state index in [0.29, 0.717) is 40.3 Å². The fourth-order valence-electron chi connectivity index (χ4n) is 12.2. The Kier molecular flexibility index (Phi) is 5.81. The highest BCUT2D eigenvalue weighted by Crippen LogP contribution is 2.77. The molecule has 6 fully saturated rings. The van der Waals surface area contributed by atoms with Crippen LogP contribution in [-0.4, -0.2) is 25.3 Å². The zero-order chi connectivity index (χ0) is 25.7. The van der Waals surface area contributed by atoms with Gasteiger partial charge in [0.2, 0.25) is 0 Å². The van der Waals surface area contributed by atoms with Crippen LogP contribution in [-0.2, 0) is 14.3 Å².